The van der Waals surface area contributed by atoms with E-state index in [2.05, 4.69) is 17.9 Å². The average molecular weight is 350 g/mol. The Hall–Kier alpha value is -1.92. The topological polar surface area (TPSA) is 66.5 Å². The average Bonchev–Trinajstić information content (AvgIpc) is 2.44. The van der Waals surface area contributed by atoms with Crippen LogP contribution in [-0.4, -0.2) is 38.4 Å². The third-order valence-electron chi connectivity index (χ3n) is 3.59. The number of hydrogen-bond acceptors (Lipinski definition) is 3. The molecule has 0 aliphatic rings. The summed E-state index contributed by atoms with van der Waals surface area (Å²) in [7, 11) is -3.80. The quantitative estimate of drug-likeness (QED) is 0.733. The van der Waals surface area contributed by atoms with E-state index in [4.69, 9.17) is 0 Å². The van der Waals surface area contributed by atoms with Crippen LogP contribution in [0.3, 0.4) is 0 Å². The van der Waals surface area contributed by atoms with Crippen molar-refractivity contribution in [1.82, 2.24) is 9.62 Å². The van der Waals surface area contributed by atoms with Crippen molar-refractivity contribution in [2.75, 3.05) is 13.1 Å². The number of nitrogens with zero attached hydrogens (tertiary/aromatic N) is 1. The van der Waals surface area contributed by atoms with Gasteiger partial charge in [-0.2, -0.15) is 4.72 Å². The molecular formula is C18H26N2O3S. The molecule has 0 fully saturated rings. The van der Waals surface area contributed by atoms with Crippen molar-refractivity contribution in [2.24, 2.45) is 0 Å². The molecule has 1 aromatic rings. The van der Waals surface area contributed by atoms with E-state index in [0.717, 1.165) is 5.56 Å². The number of carbonyl (C=O) groups is 1. The normalized spacial score (nSPS) is 12.5. The van der Waals surface area contributed by atoms with Crippen LogP contribution >= 0.6 is 0 Å². The lowest BCUT2D eigenvalue weighted by atomic mass is 10.1. The molecule has 0 aromatic heterocycles. The highest BCUT2D eigenvalue weighted by atomic mass is 32.2. The van der Waals surface area contributed by atoms with Crippen LogP contribution in [0.15, 0.2) is 42.3 Å². The lowest BCUT2D eigenvalue weighted by Gasteiger charge is -2.24. The summed E-state index contributed by atoms with van der Waals surface area (Å²) in [6.07, 6.45) is 3.19. The van der Waals surface area contributed by atoms with E-state index in [-0.39, 0.29) is 10.8 Å². The van der Waals surface area contributed by atoms with E-state index in [0.29, 0.717) is 24.2 Å². The largest absolute Gasteiger partial charge is 0.334 e. The highest BCUT2D eigenvalue weighted by Gasteiger charge is 2.27. The Morgan fingerprint density at radius 2 is 1.62 bits per heavy atom. The summed E-state index contributed by atoms with van der Waals surface area (Å²) in [5.41, 5.74) is 2.32. The molecule has 0 aliphatic heterocycles. The van der Waals surface area contributed by atoms with E-state index in [9.17, 15) is 13.2 Å². The number of amides is 1. The highest BCUT2D eigenvalue weighted by Crippen LogP contribution is 2.22. The van der Waals surface area contributed by atoms with E-state index in [1.54, 1.807) is 26.0 Å². The van der Waals surface area contributed by atoms with Crippen LogP contribution < -0.4 is 4.72 Å². The van der Waals surface area contributed by atoms with E-state index < -0.39 is 16.1 Å². The van der Waals surface area contributed by atoms with Crippen LogP contribution in [0.4, 0.5) is 0 Å². The number of benzene rings is 1. The summed E-state index contributed by atoms with van der Waals surface area (Å²) >= 11 is 0. The summed E-state index contributed by atoms with van der Waals surface area (Å²) in [5, 5.41) is 0. The third kappa shape index (κ3) is 4.79. The van der Waals surface area contributed by atoms with Crippen molar-refractivity contribution in [2.45, 2.75) is 38.6 Å². The summed E-state index contributed by atoms with van der Waals surface area (Å²) in [6.45, 7) is 14.8. The molecule has 6 heteroatoms. The molecule has 1 atom stereocenters. The Morgan fingerprint density at radius 3 is 2.04 bits per heavy atom. The van der Waals surface area contributed by atoms with Gasteiger partial charge in [-0.05, 0) is 38.8 Å². The molecule has 0 saturated carbocycles. The zero-order valence-corrected chi connectivity index (χ0v) is 15.6. The number of sulfonamides is 1. The number of aryl methyl sites for hydroxylation is 3. The van der Waals surface area contributed by atoms with Gasteiger partial charge < -0.3 is 4.90 Å². The van der Waals surface area contributed by atoms with Crippen LogP contribution in [0.2, 0.25) is 0 Å². The third-order valence-corrected chi connectivity index (χ3v) is 5.43. The second-order valence-corrected chi connectivity index (χ2v) is 7.54. The minimum absolute atomic E-state index is 0.228. The Balaban J connectivity index is 3.08. The first-order valence-electron chi connectivity index (χ1n) is 7.74. The Kier molecular flexibility index (Phi) is 6.93. The number of nitrogens with one attached hydrogen (secondary N) is 1. The molecule has 1 N–H and O–H groups in total. The SMILES string of the molecule is C=CCN(CC=C)C(=O)C(C)NS(=O)(=O)c1c(C)cc(C)cc1C. The molecule has 0 radical (unpaired) electrons. The molecule has 5 nitrogen and oxygen atoms in total. The van der Waals surface area contributed by atoms with Gasteiger partial charge in [-0.1, -0.05) is 29.8 Å². The van der Waals surface area contributed by atoms with Crippen molar-refractivity contribution in [3.05, 3.63) is 54.1 Å². The predicted molar refractivity (Wildman–Crippen MR) is 97.4 cm³/mol. The van der Waals surface area contributed by atoms with Crippen molar-refractivity contribution in [1.29, 1.82) is 0 Å². The maximum absolute atomic E-state index is 12.7. The summed E-state index contributed by atoms with van der Waals surface area (Å²) in [6, 6.07) is 2.75. The first-order chi connectivity index (χ1) is 11.1. The van der Waals surface area contributed by atoms with Crippen molar-refractivity contribution >= 4 is 15.9 Å². The first-order valence-corrected chi connectivity index (χ1v) is 9.23. The van der Waals surface area contributed by atoms with E-state index in [1.165, 1.54) is 11.8 Å². The van der Waals surface area contributed by atoms with Gasteiger partial charge in [0.2, 0.25) is 15.9 Å². The molecule has 0 heterocycles. The fraction of sp³-hybridized carbons (Fsp3) is 0.389. The molecule has 0 bridgehead atoms. The fourth-order valence-corrected chi connectivity index (χ4v) is 4.42. The minimum atomic E-state index is -3.80. The molecule has 132 valence electrons. The van der Waals surface area contributed by atoms with Crippen LogP contribution in [0.1, 0.15) is 23.6 Å². The predicted octanol–water partition coefficient (Wildman–Crippen LogP) is 2.48. The Labute approximate surface area is 145 Å². The first kappa shape index (κ1) is 20.1. The van der Waals surface area contributed by atoms with Gasteiger partial charge in [-0.3, -0.25) is 4.79 Å². The lowest BCUT2D eigenvalue weighted by Crippen LogP contribution is -2.47. The van der Waals surface area contributed by atoms with Gasteiger partial charge in [0.15, 0.2) is 0 Å². The Bertz CT molecular complexity index is 706. The minimum Gasteiger partial charge on any atom is -0.334 e. The molecule has 0 saturated heterocycles. The van der Waals surface area contributed by atoms with Crippen molar-refractivity contribution in [3.63, 3.8) is 0 Å². The monoisotopic (exact) mass is 350 g/mol. The lowest BCUT2D eigenvalue weighted by molar-refractivity contribution is -0.131. The van der Waals surface area contributed by atoms with Gasteiger partial charge >= 0.3 is 0 Å². The van der Waals surface area contributed by atoms with Crippen LogP contribution in [0.5, 0.6) is 0 Å². The van der Waals surface area contributed by atoms with Crippen LogP contribution in [-0.2, 0) is 14.8 Å². The number of hydrogen-bond donors (Lipinski definition) is 1. The van der Waals surface area contributed by atoms with Gasteiger partial charge in [0.1, 0.15) is 0 Å². The van der Waals surface area contributed by atoms with Gasteiger partial charge in [0.05, 0.1) is 10.9 Å². The maximum Gasteiger partial charge on any atom is 0.241 e. The van der Waals surface area contributed by atoms with Gasteiger partial charge in [0.25, 0.3) is 0 Å². The van der Waals surface area contributed by atoms with Crippen LogP contribution in [0.25, 0.3) is 0 Å². The second kappa shape index (κ2) is 8.26. The van der Waals surface area contributed by atoms with E-state index in [1.807, 2.05) is 19.1 Å². The Morgan fingerprint density at radius 1 is 1.17 bits per heavy atom. The zero-order chi connectivity index (χ0) is 18.5. The van der Waals surface area contributed by atoms with Crippen molar-refractivity contribution in [3.8, 4) is 0 Å². The van der Waals surface area contributed by atoms with Gasteiger partial charge in [0, 0.05) is 13.1 Å². The number of rotatable bonds is 8. The number of carbonyl (C=O) groups excluding carboxylic acids is 1. The second-order valence-electron chi connectivity index (χ2n) is 5.89. The molecule has 1 aromatic carbocycles. The molecule has 0 aliphatic carbocycles. The summed E-state index contributed by atoms with van der Waals surface area (Å²) in [5.74, 6) is -0.319. The molecular weight excluding hydrogens is 324 g/mol. The summed E-state index contributed by atoms with van der Waals surface area (Å²) in [4.78, 5) is 14.2. The molecule has 1 rings (SSSR count). The standard InChI is InChI=1S/C18H26N2O3S/c1-7-9-20(10-8-2)18(21)16(6)19-24(22,23)17-14(4)11-13(3)12-15(17)5/h7-8,11-12,16,19H,1-2,9-10H2,3-6H3. The van der Waals surface area contributed by atoms with Gasteiger partial charge in [-0.25, -0.2) is 8.42 Å². The highest BCUT2D eigenvalue weighted by molar-refractivity contribution is 7.89. The van der Waals surface area contributed by atoms with E-state index >= 15 is 0 Å². The van der Waals surface area contributed by atoms with Crippen molar-refractivity contribution < 1.29 is 13.2 Å². The molecule has 24 heavy (non-hydrogen) atoms. The maximum atomic E-state index is 12.7. The van der Waals surface area contributed by atoms with Gasteiger partial charge in [-0.15, -0.1) is 13.2 Å². The van der Waals surface area contributed by atoms with Crippen LogP contribution in [0, 0.1) is 20.8 Å². The summed E-state index contributed by atoms with van der Waals surface area (Å²) < 4.78 is 27.9. The molecule has 1 amide bonds. The zero-order valence-electron chi connectivity index (χ0n) is 14.8. The molecule has 0 spiro atoms. The fourth-order valence-electron chi connectivity index (χ4n) is 2.77. The smallest absolute Gasteiger partial charge is 0.241 e. The molecule has 1 unspecified atom stereocenters.